The third kappa shape index (κ3) is 2.93. The van der Waals surface area contributed by atoms with Gasteiger partial charge >= 0.3 is 0 Å². The molecule has 0 bridgehead atoms. The molecule has 2 aromatic heterocycles. The Morgan fingerprint density at radius 2 is 2.12 bits per heavy atom. The van der Waals surface area contributed by atoms with Crippen LogP contribution in [0.15, 0.2) is 12.1 Å². The maximum atomic E-state index is 5.88. The van der Waals surface area contributed by atoms with Crippen molar-refractivity contribution >= 4 is 21.9 Å². The molecule has 26 heavy (non-hydrogen) atoms. The molecular formula is C20H26N4O2. The van der Waals surface area contributed by atoms with Crippen LogP contribution in [0.4, 0.5) is 0 Å². The van der Waals surface area contributed by atoms with Crippen LogP contribution in [0.3, 0.4) is 0 Å². The number of benzene rings is 1. The Morgan fingerprint density at radius 3 is 2.85 bits per heavy atom. The highest BCUT2D eigenvalue weighted by Gasteiger charge is 2.28. The number of morpholine rings is 1. The third-order valence-electron chi connectivity index (χ3n) is 5.17. The van der Waals surface area contributed by atoms with E-state index in [4.69, 9.17) is 14.5 Å². The molecule has 1 saturated heterocycles. The van der Waals surface area contributed by atoms with Crippen molar-refractivity contribution in [3.63, 3.8) is 0 Å². The second kappa shape index (κ2) is 6.21. The Hall–Kier alpha value is -2.18. The Balaban J connectivity index is 1.91. The van der Waals surface area contributed by atoms with E-state index in [0.29, 0.717) is 0 Å². The van der Waals surface area contributed by atoms with Crippen LogP contribution in [0.2, 0.25) is 0 Å². The summed E-state index contributed by atoms with van der Waals surface area (Å²) < 4.78 is 11.4. The number of pyridine rings is 1. The fourth-order valence-corrected chi connectivity index (χ4v) is 3.98. The highest BCUT2D eigenvalue weighted by atomic mass is 16.5. The number of rotatable bonds is 3. The van der Waals surface area contributed by atoms with Gasteiger partial charge in [0.1, 0.15) is 5.75 Å². The smallest absolute Gasteiger partial charge is 0.182 e. The normalized spacial score (nSPS) is 17.9. The molecule has 4 rings (SSSR count). The lowest BCUT2D eigenvalue weighted by atomic mass is 9.99. The average Bonchev–Trinajstić information content (AvgIpc) is 2.95. The summed E-state index contributed by atoms with van der Waals surface area (Å²) in [5.74, 6) is 0.862. The molecule has 0 saturated carbocycles. The largest absolute Gasteiger partial charge is 0.497 e. The number of aromatic nitrogens is 3. The monoisotopic (exact) mass is 354 g/mol. The number of nitrogens with one attached hydrogen (secondary N) is 1. The molecule has 3 heterocycles. The van der Waals surface area contributed by atoms with E-state index in [0.717, 1.165) is 65.2 Å². The van der Waals surface area contributed by atoms with Crippen LogP contribution >= 0.6 is 0 Å². The van der Waals surface area contributed by atoms with Gasteiger partial charge in [-0.05, 0) is 51.0 Å². The summed E-state index contributed by atoms with van der Waals surface area (Å²) in [6.07, 6.45) is 0. The molecule has 1 aliphatic rings. The number of fused-ring (bicyclic) bond motifs is 2. The Morgan fingerprint density at radius 1 is 1.31 bits per heavy atom. The van der Waals surface area contributed by atoms with Gasteiger partial charge in [-0.1, -0.05) is 0 Å². The van der Waals surface area contributed by atoms with Gasteiger partial charge in [0.25, 0.3) is 0 Å². The molecule has 0 amide bonds. The van der Waals surface area contributed by atoms with Gasteiger partial charge in [0, 0.05) is 36.1 Å². The molecule has 0 atom stereocenters. The van der Waals surface area contributed by atoms with E-state index in [1.54, 1.807) is 7.11 Å². The molecule has 138 valence electrons. The summed E-state index contributed by atoms with van der Waals surface area (Å²) in [6.45, 7) is 11.9. The van der Waals surface area contributed by atoms with Gasteiger partial charge in [0.15, 0.2) is 5.65 Å². The van der Waals surface area contributed by atoms with Crippen molar-refractivity contribution in [1.82, 2.24) is 20.1 Å². The predicted molar refractivity (Wildman–Crippen MR) is 103 cm³/mol. The van der Waals surface area contributed by atoms with Crippen molar-refractivity contribution < 1.29 is 9.47 Å². The van der Waals surface area contributed by atoms with Crippen LogP contribution in [-0.2, 0) is 11.3 Å². The molecule has 1 aliphatic heterocycles. The van der Waals surface area contributed by atoms with Gasteiger partial charge in [-0.25, -0.2) is 4.98 Å². The van der Waals surface area contributed by atoms with Crippen molar-refractivity contribution in [2.24, 2.45) is 0 Å². The Bertz CT molecular complexity index is 977. The van der Waals surface area contributed by atoms with Gasteiger partial charge in [-0.15, -0.1) is 0 Å². The maximum Gasteiger partial charge on any atom is 0.182 e. The zero-order valence-corrected chi connectivity index (χ0v) is 16.1. The Labute approximate surface area is 153 Å². The van der Waals surface area contributed by atoms with Crippen molar-refractivity contribution in [1.29, 1.82) is 0 Å². The van der Waals surface area contributed by atoms with Gasteiger partial charge in [-0.2, -0.15) is 5.10 Å². The first-order valence-corrected chi connectivity index (χ1v) is 9.06. The fraction of sp³-hybridized carbons (Fsp3) is 0.500. The van der Waals surface area contributed by atoms with Crippen LogP contribution in [0.5, 0.6) is 5.75 Å². The number of hydrogen-bond acceptors (Lipinski definition) is 5. The van der Waals surface area contributed by atoms with E-state index in [1.807, 2.05) is 6.07 Å². The topological polar surface area (TPSA) is 63.3 Å². The fourth-order valence-electron chi connectivity index (χ4n) is 3.98. The average molecular weight is 354 g/mol. The number of aromatic amines is 1. The summed E-state index contributed by atoms with van der Waals surface area (Å²) in [4.78, 5) is 7.27. The van der Waals surface area contributed by atoms with E-state index in [1.165, 1.54) is 5.56 Å². The highest BCUT2D eigenvalue weighted by Crippen LogP contribution is 2.33. The van der Waals surface area contributed by atoms with E-state index >= 15 is 0 Å². The molecule has 6 nitrogen and oxygen atoms in total. The molecule has 1 fully saturated rings. The van der Waals surface area contributed by atoms with Gasteiger partial charge in [0.2, 0.25) is 0 Å². The molecule has 0 aliphatic carbocycles. The van der Waals surface area contributed by atoms with Crippen molar-refractivity contribution in [2.75, 3.05) is 26.8 Å². The number of methoxy groups -OCH3 is 1. The molecule has 6 heteroatoms. The molecule has 0 unspecified atom stereocenters. The molecule has 1 N–H and O–H groups in total. The lowest BCUT2D eigenvalue weighted by molar-refractivity contribution is -0.0881. The van der Waals surface area contributed by atoms with E-state index < -0.39 is 0 Å². The third-order valence-corrected chi connectivity index (χ3v) is 5.17. The standard InChI is InChI=1S/C20H26N4O2/c1-12-8-14(25-5)9-15-16(10-24-6-7-26-20(3,4)11-24)17-13(2)22-23-19(17)21-18(12)15/h8-9H,6-7,10-11H2,1-5H3,(H,21,22,23). The highest BCUT2D eigenvalue weighted by molar-refractivity contribution is 5.99. The SMILES string of the molecule is COc1cc(C)c2nc3n[nH]c(C)c3c(CN3CCOC(C)(C)C3)c2c1. The number of nitrogens with zero attached hydrogens (tertiary/aromatic N) is 3. The quantitative estimate of drug-likeness (QED) is 0.781. The van der Waals surface area contributed by atoms with Gasteiger partial charge in [0.05, 0.1) is 24.8 Å². The lowest BCUT2D eigenvalue weighted by Gasteiger charge is -2.38. The first kappa shape index (κ1) is 17.2. The first-order chi connectivity index (χ1) is 12.4. The zero-order valence-electron chi connectivity index (χ0n) is 16.1. The first-order valence-electron chi connectivity index (χ1n) is 9.06. The minimum atomic E-state index is -0.126. The number of aryl methyl sites for hydroxylation is 2. The summed E-state index contributed by atoms with van der Waals surface area (Å²) in [5.41, 5.74) is 5.07. The van der Waals surface area contributed by atoms with Crippen LogP contribution in [0, 0.1) is 13.8 Å². The van der Waals surface area contributed by atoms with Crippen LogP contribution in [0.25, 0.3) is 21.9 Å². The van der Waals surface area contributed by atoms with E-state index in [9.17, 15) is 0 Å². The van der Waals surface area contributed by atoms with Crippen LogP contribution < -0.4 is 4.74 Å². The van der Waals surface area contributed by atoms with E-state index in [2.05, 4.69) is 48.9 Å². The van der Waals surface area contributed by atoms with Crippen LogP contribution in [0.1, 0.15) is 30.7 Å². The summed E-state index contributed by atoms with van der Waals surface area (Å²) >= 11 is 0. The lowest BCUT2D eigenvalue weighted by Crippen LogP contribution is -2.47. The maximum absolute atomic E-state index is 5.88. The molecule has 1 aromatic carbocycles. The molecule has 0 radical (unpaired) electrons. The number of ether oxygens (including phenoxy) is 2. The second-order valence-electron chi connectivity index (χ2n) is 7.80. The Kier molecular flexibility index (Phi) is 4.12. The second-order valence-corrected chi connectivity index (χ2v) is 7.80. The van der Waals surface area contributed by atoms with Gasteiger partial charge < -0.3 is 9.47 Å². The minimum Gasteiger partial charge on any atom is -0.497 e. The number of hydrogen-bond donors (Lipinski definition) is 1. The predicted octanol–water partition coefficient (Wildman–Crippen LogP) is 3.35. The van der Waals surface area contributed by atoms with Crippen molar-refractivity contribution in [3.8, 4) is 5.75 Å². The van der Waals surface area contributed by atoms with Crippen LogP contribution in [-0.4, -0.2) is 52.5 Å². The number of H-pyrrole nitrogens is 1. The van der Waals surface area contributed by atoms with Crippen molar-refractivity contribution in [3.05, 3.63) is 29.0 Å². The van der Waals surface area contributed by atoms with Gasteiger partial charge in [-0.3, -0.25) is 10.00 Å². The zero-order chi connectivity index (χ0) is 18.5. The van der Waals surface area contributed by atoms with Crippen molar-refractivity contribution in [2.45, 2.75) is 39.8 Å². The molecule has 0 spiro atoms. The summed E-state index contributed by atoms with van der Waals surface area (Å²) in [6, 6.07) is 4.13. The molecule has 3 aromatic rings. The summed E-state index contributed by atoms with van der Waals surface area (Å²) in [7, 11) is 1.71. The van der Waals surface area contributed by atoms with E-state index in [-0.39, 0.29) is 5.60 Å². The molecular weight excluding hydrogens is 328 g/mol. The minimum absolute atomic E-state index is 0.126. The summed E-state index contributed by atoms with van der Waals surface area (Å²) in [5, 5.41) is 9.79.